The number of quaternary nitrogens is 1. The van der Waals surface area contributed by atoms with Gasteiger partial charge in [0.2, 0.25) is 0 Å². The Morgan fingerprint density at radius 2 is 1.72 bits per heavy atom. The van der Waals surface area contributed by atoms with E-state index in [0.717, 1.165) is 57.1 Å². The zero-order valence-corrected chi connectivity index (χ0v) is 17.4. The molecule has 1 aliphatic rings. The molecule has 0 bridgehead atoms. The van der Waals surface area contributed by atoms with Crippen molar-refractivity contribution in [3.63, 3.8) is 0 Å². The SMILES string of the molecule is Cc1ccc(-c2c3c(=O)n(C)c(=O)n(C)c3cn2CCC[NH+]2CCOCC2)cc1. The number of hydrogen-bond acceptors (Lipinski definition) is 3. The lowest BCUT2D eigenvalue weighted by Crippen LogP contribution is -3.14. The number of nitrogens with zero attached hydrogens (tertiary/aromatic N) is 3. The van der Waals surface area contributed by atoms with Crippen LogP contribution in [0.25, 0.3) is 22.2 Å². The Hall–Kier alpha value is -2.64. The monoisotopic (exact) mass is 397 g/mol. The molecule has 7 nitrogen and oxygen atoms in total. The summed E-state index contributed by atoms with van der Waals surface area (Å²) in [6.07, 6.45) is 2.96. The summed E-state index contributed by atoms with van der Waals surface area (Å²) >= 11 is 0. The summed E-state index contributed by atoms with van der Waals surface area (Å²) in [4.78, 5) is 27.0. The second-order valence-corrected chi connectivity index (χ2v) is 7.97. The van der Waals surface area contributed by atoms with Crippen molar-refractivity contribution in [1.82, 2.24) is 13.7 Å². The first-order chi connectivity index (χ1) is 14.0. The number of rotatable bonds is 5. The Labute approximate surface area is 169 Å². The third-order valence-electron chi connectivity index (χ3n) is 5.97. The molecule has 1 aromatic carbocycles. The van der Waals surface area contributed by atoms with E-state index in [-0.39, 0.29) is 11.2 Å². The molecule has 0 spiro atoms. The first-order valence-corrected chi connectivity index (χ1v) is 10.2. The van der Waals surface area contributed by atoms with Gasteiger partial charge >= 0.3 is 5.69 Å². The fourth-order valence-corrected chi connectivity index (χ4v) is 4.20. The molecule has 0 aliphatic carbocycles. The van der Waals surface area contributed by atoms with Crippen LogP contribution in [0.5, 0.6) is 0 Å². The first-order valence-electron chi connectivity index (χ1n) is 10.2. The molecule has 1 saturated heterocycles. The third-order valence-corrected chi connectivity index (χ3v) is 5.97. The number of benzene rings is 1. The molecule has 3 aromatic rings. The van der Waals surface area contributed by atoms with E-state index < -0.39 is 0 Å². The number of ether oxygens (including phenoxy) is 1. The Kier molecular flexibility index (Phi) is 5.43. The van der Waals surface area contributed by atoms with E-state index in [0.29, 0.717) is 10.9 Å². The highest BCUT2D eigenvalue weighted by Gasteiger charge is 2.20. The first kappa shape index (κ1) is 19.7. The van der Waals surface area contributed by atoms with Gasteiger partial charge in [0.15, 0.2) is 0 Å². The van der Waals surface area contributed by atoms with Crippen LogP contribution in [0.1, 0.15) is 12.0 Å². The molecule has 1 aliphatic heterocycles. The molecule has 0 amide bonds. The summed E-state index contributed by atoms with van der Waals surface area (Å²) in [6.45, 7) is 7.68. The fraction of sp³-hybridized carbons (Fsp3) is 0.455. The number of hydrogen-bond donors (Lipinski definition) is 1. The molecular weight excluding hydrogens is 368 g/mol. The van der Waals surface area contributed by atoms with Gasteiger partial charge < -0.3 is 14.2 Å². The summed E-state index contributed by atoms with van der Waals surface area (Å²) < 4.78 is 10.4. The van der Waals surface area contributed by atoms with Crippen molar-refractivity contribution in [3.8, 4) is 11.3 Å². The molecule has 2 aromatic heterocycles. The van der Waals surface area contributed by atoms with Crippen LogP contribution in [0, 0.1) is 6.92 Å². The Morgan fingerprint density at radius 1 is 1.03 bits per heavy atom. The van der Waals surface area contributed by atoms with Crippen LogP contribution in [-0.4, -0.2) is 46.5 Å². The van der Waals surface area contributed by atoms with E-state index in [2.05, 4.69) is 35.8 Å². The number of morpholine rings is 1. The van der Waals surface area contributed by atoms with E-state index in [9.17, 15) is 9.59 Å². The van der Waals surface area contributed by atoms with Gasteiger partial charge in [-0.2, -0.15) is 0 Å². The lowest BCUT2D eigenvalue weighted by atomic mass is 10.1. The van der Waals surface area contributed by atoms with Crippen LogP contribution < -0.4 is 16.1 Å². The smallest absolute Gasteiger partial charge is 0.330 e. The second kappa shape index (κ2) is 8.00. The van der Waals surface area contributed by atoms with Gasteiger partial charge in [-0.25, -0.2) is 4.79 Å². The summed E-state index contributed by atoms with van der Waals surface area (Å²) in [6, 6.07) is 8.22. The highest BCUT2D eigenvalue weighted by atomic mass is 16.5. The normalized spacial score (nSPS) is 15.3. The lowest BCUT2D eigenvalue weighted by Gasteiger charge is -2.23. The van der Waals surface area contributed by atoms with Crippen LogP contribution in [0.2, 0.25) is 0 Å². The van der Waals surface area contributed by atoms with Gasteiger partial charge in [-0.05, 0) is 12.5 Å². The van der Waals surface area contributed by atoms with Crippen molar-refractivity contribution in [2.24, 2.45) is 14.1 Å². The van der Waals surface area contributed by atoms with Crippen molar-refractivity contribution in [1.29, 1.82) is 0 Å². The maximum Gasteiger partial charge on any atom is 0.330 e. The number of aryl methyl sites for hydroxylation is 3. The van der Waals surface area contributed by atoms with E-state index >= 15 is 0 Å². The van der Waals surface area contributed by atoms with Gasteiger partial charge in [0, 0.05) is 33.3 Å². The molecule has 154 valence electrons. The molecular formula is C22H29N4O3+. The molecule has 4 rings (SSSR count). The average molecular weight is 397 g/mol. The largest absolute Gasteiger partial charge is 0.370 e. The van der Waals surface area contributed by atoms with Crippen LogP contribution in [0.4, 0.5) is 0 Å². The summed E-state index contributed by atoms with van der Waals surface area (Å²) in [5, 5.41) is 0.608. The Bertz CT molecular complexity index is 1130. The molecule has 0 radical (unpaired) electrons. The maximum atomic E-state index is 13.0. The minimum Gasteiger partial charge on any atom is -0.370 e. The van der Waals surface area contributed by atoms with Gasteiger partial charge in [-0.1, -0.05) is 29.8 Å². The summed E-state index contributed by atoms with van der Waals surface area (Å²) in [5.74, 6) is 0. The van der Waals surface area contributed by atoms with E-state index in [1.807, 2.05) is 6.20 Å². The molecule has 1 fully saturated rings. The summed E-state index contributed by atoms with van der Waals surface area (Å²) in [5.41, 5.74) is 3.22. The van der Waals surface area contributed by atoms with Crippen LogP contribution in [0.15, 0.2) is 40.1 Å². The van der Waals surface area contributed by atoms with Crippen LogP contribution in [0.3, 0.4) is 0 Å². The molecule has 0 saturated carbocycles. The molecule has 0 atom stereocenters. The predicted molar refractivity (Wildman–Crippen MR) is 114 cm³/mol. The number of fused-ring (bicyclic) bond motifs is 1. The van der Waals surface area contributed by atoms with Gasteiger partial charge in [0.05, 0.1) is 36.4 Å². The Morgan fingerprint density at radius 3 is 2.41 bits per heavy atom. The zero-order valence-electron chi connectivity index (χ0n) is 17.4. The van der Waals surface area contributed by atoms with Crippen molar-refractivity contribution >= 4 is 10.9 Å². The predicted octanol–water partition coefficient (Wildman–Crippen LogP) is 0.319. The van der Waals surface area contributed by atoms with E-state index in [1.54, 1.807) is 23.6 Å². The topological polar surface area (TPSA) is 62.6 Å². The van der Waals surface area contributed by atoms with Crippen LogP contribution in [-0.2, 0) is 25.4 Å². The lowest BCUT2D eigenvalue weighted by molar-refractivity contribution is -0.908. The van der Waals surface area contributed by atoms with Crippen molar-refractivity contribution in [2.45, 2.75) is 19.9 Å². The van der Waals surface area contributed by atoms with Gasteiger partial charge in [-0.15, -0.1) is 0 Å². The standard InChI is InChI=1S/C22H28N4O3/c1-16-5-7-17(8-6-16)20-19-18(23(2)22(28)24(3)21(19)27)15-26(20)10-4-9-25-11-13-29-14-12-25/h5-8,15H,4,9-14H2,1-3H3/p+1. The highest BCUT2D eigenvalue weighted by molar-refractivity contribution is 5.93. The molecule has 7 heteroatoms. The molecule has 1 N–H and O–H groups in total. The van der Waals surface area contributed by atoms with Gasteiger partial charge in [0.25, 0.3) is 5.56 Å². The Balaban J connectivity index is 1.78. The van der Waals surface area contributed by atoms with Gasteiger partial charge in [-0.3, -0.25) is 13.9 Å². The average Bonchev–Trinajstić information content (AvgIpc) is 3.12. The van der Waals surface area contributed by atoms with Crippen LogP contribution >= 0.6 is 0 Å². The molecule has 3 heterocycles. The maximum absolute atomic E-state index is 13.0. The van der Waals surface area contributed by atoms with E-state index in [4.69, 9.17) is 4.74 Å². The molecule has 0 unspecified atom stereocenters. The summed E-state index contributed by atoms with van der Waals surface area (Å²) in [7, 11) is 3.27. The van der Waals surface area contributed by atoms with Crippen molar-refractivity contribution in [2.75, 3.05) is 32.8 Å². The minimum absolute atomic E-state index is 0.240. The van der Waals surface area contributed by atoms with Crippen molar-refractivity contribution in [3.05, 3.63) is 56.9 Å². The zero-order chi connectivity index (χ0) is 20.5. The number of nitrogens with one attached hydrogen (secondary N) is 1. The minimum atomic E-state index is -0.298. The van der Waals surface area contributed by atoms with E-state index in [1.165, 1.54) is 10.1 Å². The van der Waals surface area contributed by atoms with Crippen molar-refractivity contribution < 1.29 is 9.64 Å². The fourth-order valence-electron chi connectivity index (χ4n) is 4.20. The highest BCUT2D eigenvalue weighted by Crippen LogP contribution is 2.28. The number of aromatic nitrogens is 3. The van der Waals surface area contributed by atoms with Gasteiger partial charge in [0.1, 0.15) is 13.1 Å². The second-order valence-electron chi connectivity index (χ2n) is 7.97. The molecule has 29 heavy (non-hydrogen) atoms. The third kappa shape index (κ3) is 3.68. The quantitative estimate of drug-likeness (QED) is 0.675.